The third-order valence-electron chi connectivity index (χ3n) is 3.56. The lowest BCUT2D eigenvalue weighted by Crippen LogP contribution is -2.38. The summed E-state index contributed by atoms with van der Waals surface area (Å²) in [6.45, 7) is 0.562. The van der Waals surface area contributed by atoms with Gasteiger partial charge in [-0.1, -0.05) is 12.1 Å². The lowest BCUT2D eigenvalue weighted by Gasteiger charge is -2.17. The number of hydrogen-bond donors (Lipinski definition) is 0. The summed E-state index contributed by atoms with van der Waals surface area (Å²) in [6, 6.07) is 6.48. The van der Waals surface area contributed by atoms with Crippen molar-refractivity contribution in [1.29, 1.82) is 0 Å². The fourth-order valence-corrected chi connectivity index (χ4v) is 3.65. The van der Waals surface area contributed by atoms with Crippen molar-refractivity contribution in [3.8, 4) is 0 Å². The van der Waals surface area contributed by atoms with Gasteiger partial charge in [0.1, 0.15) is 6.73 Å². The average Bonchev–Trinajstić information content (AvgIpc) is 3.08. The molecular weight excluding hydrogens is 296 g/mol. The van der Waals surface area contributed by atoms with Gasteiger partial charge in [-0.2, -0.15) is 4.31 Å². The largest absolute Gasteiger partial charge is 0.364 e. The van der Waals surface area contributed by atoms with E-state index in [0.29, 0.717) is 24.3 Å². The summed E-state index contributed by atoms with van der Waals surface area (Å²) in [7, 11) is -3.52. The molecular formula is C13H14N2O5S. The SMILES string of the molecule is O=C1c2ccccc2C(=O)N1CCS(=O)(=O)N1CCOC1. The van der Waals surface area contributed by atoms with E-state index in [1.165, 1.54) is 4.31 Å². The van der Waals surface area contributed by atoms with Gasteiger partial charge >= 0.3 is 0 Å². The lowest BCUT2D eigenvalue weighted by molar-refractivity contribution is 0.0664. The Balaban J connectivity index is 1.72. The highest BCUT2D eigenvalue weighted by molar-refractivity contribution is 7.89. The highest BCUT2D eigenvalue weighted by atomic mass is 32.2. The van der Waals surface area contributed by atoms with Crippen LogP contribution in [0.1, 0.15) is 20.7 Å². The third-order valence-corrected chi connectivity index (χ3v) is 5.34. The van der Waals surface area contributed by atoms with Crippen LogP contribution in [0.4, 0.5) is 0 Å². The van der Waals surface area contributed by atoms with Crippen molar-refractivity contribution >= 4 is 21.8 Å². The molecule has 0 saturated carbocycles. The average molecular weight is 310 g/mol. The Bertz CT molecular complexity index is 659. The van der Waals surface area contributed by atoms with Crippen molar-refractivity contribution in [1.82, 2.24) is 9.21 Å². The molecule has 1 saturated heterocycles. The van der Waals surface area contributed by atoms with Gasteiger partial charge in [0.2, 0.25) is 10.0 Å². The first-order valence-electron chi connectivity index (χ1n) is 6.51. The minimum Gasteiger partial charge on any atom is -0.364 e. The highest BCUT2D eigenvalue weighted by Gasteiger charge is 2.36. The molecule has 0 unspecified atom stereocenters. The molecule has 8 heteroatoms. The number of fused-ring (bicyclic) bond motifs is 1. The molecule has 112 valence electrons. The number of benzene rings is 1. The van der Waals surface area contributed by atoms with Crippen LogP contribution in [0.5, 0.6) is 0 Å². The number of rotatable bonds is 4. The van der Waals surface area contributed by atoms with E-state index in [4.69, 9.17) is 4.74 Å². The van der Waals surface area contributed by atoms with E-state index < -0.39 is 21.8 Å². The molecule has 2 heterocycles. The molecule has 2 aliphatic heterocycles. The minimum atomic E-state index is -3.52. The maximum absolute atomic E-state index is 12.1. The van der Waals surface area contributed by atoms with Crippen molar-refractivity contribution in [2.45, 2.75) is 0 Å². The zero-order chi connectivity index (χ0) is 15.0. The molecule has 3 rings (SSSR count). The minimum absolute atomic E-state index is 0.0322. The van der Waals surface area contributed by atoms with Gasteiger partial charge in [0.15, 0.2) is 0 Å². The van der Waals surface area contributed by atoms with Crippen LogP contribution >= 0.6 is 0 Å². The number of amides is 2. The number of carbonyl (C=O) groups excluding carboxylic acids is 2. The molecule has 7 nitrogen and oxygen atoms in total. The Morgan fingerprint density at radius 1 is 1.10 bits per heavy atom. The normalized spacial score (nSPS) is 19.3. The first-order chi connectivity index (χ1) is 10.0. The Morgan fingerprint density at radius 2 is 1.71 bits per heavy atom. The molecule has 0 aromatic heterocycles. The molecule has 0 bridgehead atoms. The highest BCUT2D eigenvalue weighted by Crippen LogP contribution is 2.22. The maximum Gasteiger partial charge on any atom is 0.261 e. The number of ether oxygens (including phenoxy) is 1. The zero-order valence-electron chi connectivity index (χ0n) is 11.2. The van der Waals surface area contributed by atoms with Crippen molar-refractivity contribution in [3.63, 3.8) is 0 Å². The molecule has 0 radical (unpaired) electrons. The second kappa shape index (κ2) is 5.21. The van der Waals surface area contributed by atoms with Crippen molar-refractivity contribution in [3.05, 3.63) is 35.4 Å². The molecule has 0 spiro atoms. The Kier molecular flexibility index (Phi) is 3.52. The summed E-state index contributed by atoms with van der Waals surface area (Å²) < 4.78 is 30.4. The van der Waals surface area contributed by atoms with E-state index in [2.05, 4.69) is 0 Å². The quantitative estimate of drug-likeness (QED) is 0.725. The van der Waals surface area contributed by atoms with Gasteiger partial charge < -0.3 is 4.74 Å². The molecule has 1 aromatic carbocycles. The Hall–Kier alpha value is -1.77. The first kappa shape index (κ1) is 14.2. The summed E-state index contributed by atoms with van der Waals surface area (Å²) in [5.41, 5.74) is 0.647. The van der Waals surface area contributed by atoms with Crippen LogP contribution in [0.15, 0.2) is 24.3 Å². The van der Waals surface area contributed by atoms with Crippen LogP contribution in [0.25, 0.3) is 0 Å². The molecule has 0 aliphatic carbocycles. The topological polar surface area (TPSA) is 84.0 Å². The van der Waals surface area contributed by atoms with Crippen LogP contribution in [-0.2, 0) is 14.8 Å². The third kappa shape index (κ3) is 2.45. The van der Waals surface area contributed by atoms with E-state index in [9.17, 15) is 18.0 Å². The van der Waals surface area contributed by atoms with Gasteiger partial charge in [-0.3, -0.25) is 14.5 Å². The predicted octanol–water partition coefficient (Wildman–Crippen LogP) is -0.0979. The Morgan fingerprint density at radius 3 is 2.24 bits per heavy atom. The molecule has 1 fully saturated rings. The number of sulfonamides is 1. The van der Waals surface area contributed by atoms with E-state index >= 15 is 0 Å². The standard InChI is InChI=1S/C13H14N2O5S/c16-12-10-3-1-2-4-11(10)13(17)15(12)6-8-21(18,19)14-5-7-20-9-14/h1-4H,5-9H2. The van der Waals surface area contributed by atoms with E-state index in [1.807, 2.05) is 0 Å². The van der Waals surface area contributed by atoms with E-state index in [1.54, 1.807) is 24.3 Å². The summed E-state index contributed by atoms with van der Waals surface area (Å²) in [5.74, 6) is -1.17. The number of carbonyl (C=O) groups is 2. The molecule has 1 aromatic rings. The fourth-order valence-electron chi connectivity index (χ4n) is 2.39. The van der Waals surface area contributed by atoms with Crippen molar-refractivity contribution in [2.24, 2.45) is 0 Å². The van der Waals surface area contributed by atoms with E-state index in [-0.39, 0.29) is 19.0 Å². The summed E-state index contributed by atoms with van der Waals surface area (Å²) in [4.78, 5) is 25.2. The second-order valence-corrected chi connectivity index (χ2v) is 6.92. The first-order valence-corrected chi connectivity index (χ1v) is 8.12. The van der Waals surface area contributed by atoms with Crippen LogP contribution in [0, 0.1) is 0 Å². The molecule has 21 heavy (non-hydrogen) atoms. The van der Waals surface area contributed by atoms with Gasteiger partial charge in [-0.05, 0) is 12.1 Å². The van der Waals surface area contributed by atoms with Crippen LogP contribution in [0.3, 0.4) is 0 Å². The second-order valence-electron chi connectivity index (χ2n) is 4.84. The van der Waals surface area contributed by atoms with Gasteiger partial charge in [0, 0.05) is 13.1 Å². The fraction of sp³-hybridized carbons (Fsp3) is 0.385. The summed E-state index contributed by atoms with van der Waals surface area (Å²) in [5, 5.41) is 0. The monoisotopic (exact) mass is 310 g/mol. The maximum atomic E-state index is 12.1. The van der Waals surface area contributed by atoms with Crippen molar-refractivity contribution < 1.29 is 22.7 Å². The molecule has 0 N–H and O–H groups in total. The number of imide groups is 1. The summed E-state index contributed by atoms with van der Waals surface area (Å²) >= 11 is 0. The molecule has 2 amide bonds. The zero-order valence-corrected chi connectivity index (χ0v) is 12.0. The lowest BCUT2D eigenvalue weighted by atomic mass is 10.1. The Labute approximate surface area is 122 Å². The molecule has 2 aliphatic rings. The smallest absolute Gasteiger partial charge is 0.261 e. The van der Waals surface area contributed by atoms with E-state index in [0.717, 1.165) is 4.90 Å². The van der Waals surface area contributed by atoms with Gasteiger partial charge in [-0.25, -0.2) is 8.42 Å². The van der Waals surface area contributed by atoms with Gasteiger partial charge in [0.05, 0.1) is 23.5 Å². The predicted molar refractivity (Wildman–Crippen MR) is 73.1 cm³/mol. The number of hydrogen-bond acceptors (Lipinski definition) is 5. The number of nitrogens with zero attached hydrogens (tertiary/aromatic N) is 2. The van der Waals surface area contributed by atoms with Crippen LogP contribution in [-0.4, -0.2) is 61.6 Å². The van der Waals surface area contributed by atoms with Crippen LogP contribution < -0.4 is 0 Å². The molecule has 0 atom stereocenters. The summed E-state index contributed by atoms with van der Waals surface area (Å²) in [6.07, 6.45) is 0. The van der Waals surface area contributed by atoms with Gasteiger partial charge in [0.25, 0.3) is 11.8 Å². The van der Waals surface area contributed by atoms with Crippen LogP contribution in [0.2, 0.25) is 0 Å². The van der Waals surface area contributed by atoms with Gasteiger partial charge in [-0.15, -0.1) is 0 Å². The van der Waals surface area contributed by atoms with Crippen molar-refractivity contribution in [2.75, 3.05) is 32.2 Å².